The maximum atomic E-state index is 12.0. The fourth-order valence-corrected chi connectivity index (χ4v) is 1.86. The predicted molar refractivity (Wildman–Crippen MR) is 80.7 cm³/mol. The minimum Gasteiger partial charge on any atom is -0.345 e. The average Bonchev–Trinajstić information content (AvgIpc) is 2.97. The number of aromatic nitrogens is 3. The zero-order chi connectivity index (χ0) is 15.5. The van der Waals surface area contributed by atoms with Crippen LogP contribution >= 0.6 is 0 Å². The number of para-hydroxylation sites is 1. The van der Waals surface area contributed by atoms with Crippen molar-refractivity contribution in [3.05, 3.63) is 42.2 Å². The van der Waals surface area contributed by atoms with Crippen LogP contribution in [0.2, 0.25) is 0 Å². The first kappa shape index (κ1) is 15.2. The van der Waals surface area contributed by atoms with Crippen LogP contribution in [0, 0.1) is 5.92 Å². The van der Waals surface area contributed by atoms with Gasteiger partial charge in [-0.15, -0.1) is 5.10 Å². The van der Waals surface area contributed by atoms with Crippen molar-refractivity contribution in [3.63, 3.8) is 0 Å². The third-order valence-corrected chi connectivity index (χ3v) is 3.39. The van der Waals surface area contributed by atoms with Crippen molar-refractivity contribution in [1.82, 2.24) is 20.3 Å². The lowest BCUT2D eigenvalue weighted by Crippen LogP contribution is -2.45. The molecule has 21 heavy (non-hydrogen) atoms. The number of hydrogen-bond acceptors (Lipinski definition) is 4. The van der Waals surface area contributed by atoms with Crippen molar-refractivity contribution in [1.29, 1.82) is 0 Å². The second-order valence-corrected chi connectivity index (χ2v) is 5.63. The molecular weight excluding hydrogens is 266 g/mol. The van der Waals surface area contributed by atoms with Crippen molar-refractivity contribution in [3.8, 4) is 5.69 Å². The van der Waals surface area contributed by atoms with Crippen LogP contribution in [-0.2, 0) is 10.3 Å². The molecule has 1 aromatic heterocycles. The molecule has 0 radical (unpaired) electrons. The van der Waals surface area contributed by atoms with E-state index in [0.717, 1.165) is 5.69 Å². The molecular formula is C15H21N5O. The number of nitrogens with zero attached hydrogens (tertiary/aromatic N) is 3. The second-order valence-electron chi connectivity index (χ2n) is 5.63. The highest BCUT2D eigenvalue weighted by Crippen LogP contribution is 2.19. The van der Waals surface area contributed by atoms with Gasteiger partial charge in [-0.05, 0) is 26.0 Å². The van der Waals surface area contributed by atoms with Gasteiger partial charge >= 0.3 is 0 Å². The summed E-state index contributed by atoms with van der Waals surface area (Å²) in [6, 6.07) is 9.71. The van der Waals surface area contributed by atoms with Gasteiger partial charge in [0.2, 0.25) is 5.91 Å². The SMILES string of the molecule is CC(CN)C(=O)NC(C)(C)c1cn(-c2ccccc2)nn1. The standard InChI is InChI=1S/C15H21N5O/c1-11(9-16)14(21)17-15(2,3)13-10-20(19-18-13)12-7-5-4-6-8-12/h4-8,10-11H,9,16H2,1-3H3,(H,17,21). The van der Waals surface area contributed by atoms with E-state index < -0.39 is 5.54 Å². The molecule has 0 saturated carbocycles. The summed E-state index contributed by atoms with van der Waals surface area (Å²) in [6.45, 7) is 5.91. The molecule has 0 bridgehead atoms. The van der Waals surface area contributed by atoms with E-state index in [-0.39, 0.29) is 11.8 Å². The fourth-order valence-electron chi connectivity index (χ4n) is 1.86. The van der Waals surface area contributed by atoms with Gasteiger partial charge in [0.05, 0.1) is 17.4 Å². The van der Waals surface area contributed by atoms with Gasteiger partial charge in [0.15, 0.2) is 0 Å². The number of benzene rings is 1. The molecule has 3 N–H and O–H groups in total. The van der Waals surface area contributed by atoms with E-state index in [1.165, 1.54) is 0 Å². The quantitative estimate of drug-likeness (QED) is 0.865. The van der Waals surface area contributed by atoms with Gasteiger partial charge in [0, 0.05) is 12.5 Å². The number of nitrogens with one attached hydrogen (secondary N) is 1. The first-order chi connectivity index (χ1) is 9.94. The van der Waals surface area contributed by atoms with E-state index in [1.54, 1.807) is 11.6 Å². The number of hydrogen-bond donors (Lipinski definition) is 2. The molecule has 1 aromatic carbocycles. The summed E-state index contributed by atoms with van der Waals surface area (Å²) in [5.74, 6) is -0.315. The summed E-state index contributed by atoms with van der Waals surface area (Å²) < 4.78 is 1.69. The van der Waals surface area contributed by atoms with Gasteiger partial charge < -0.3 is 11.1 Å². The highest BCUT2D eigenvalue weighted by atomic mass is 16.2. The molecule has 0 aliphatic heterocycles. The minimum absolute atomic E-state index is 0.0863. The van der Waals surface area contributed by atoms with Crippen molar-refractivity contribution >= 4 is 5.91 Å². The van der Waals surface area contributed by atoms with Crippen molar-refractivity contribution in [2.24, 2.45) is 11.7 Å². The Morgan fingerprint density at radius 2 is 2.05 bits per heavy atom. The monoisotopic (exact) mass is 287 g/mol. The summed E-state index contributed by atoms with van der Waals surface area (Å²) in [4.78, 5) is 12.0. The normalized spacial score (nSPS) is 13.0. The largest absolute Gasteiger partial charge is 0.345 e. The van der Waals surface area contributed by atoms with Crippen LogP contribution in [0.5, 0.6) is 0 Å². The molecule has 2 rings (SSSR count). The zero-order valence-corrected chi connectivity index (χ0v) is 12.6. The lowest BCUT2D eigenvalue weighted by atomic mass is 10.00. The Labute approximate surface area is 124 Å². The molecule has 0 fully saturated rings. The van der Waals surface area contributed by atoms with Crippen LogP contribution in [0.1, 0.15) is 26.5 Å². The minimum atomic E-state index is -0.604. The van der Waals surface area contributed by atoms with E-state index in [9.17, 15) is 4.79 Å². The smallest absolute Gasteiger partial charge is 0.224 e. The van der Waals surface area contributed by atoms with Gasteiger partial charge in [-0.25, -0.2) is 4.68 Å². The Morgan fingerprint density at radius 3 is 2.67 bits per heavy atom. The number of carbonyl (C=O) groups excluding carboxylic acids is 1. The lowest BCUT2D eigenvalue weighted by molar-refractivity contribution is -0.126. The lowest BCUT2D eigenvalue weighted by Gasteiger charge is -2.25. The van der Waals surface area contributed by atoms with Crippen LogP contribution in [0.15, 0.2) is 36.5 Å². The fraction of sp³-hybridized carbons (Fsp3) is 0.400. The third kappa shape index (κ3) is 3.46. The van der Waals surface area contributed by atoms with E-state index in [0.29, 0.717) is 12.2 Å². The third-order valence-electron chi connectivity index (χ3n) is 3.39. The molecule has 0 spiro atoms. The maximum absolute atomic E-state index is 12.0. The van der Waals surface area contributed by atoms with Gasteiger partial charge in [0.25, 0.3) is 0 Å². The van der Waals surface area contributed by atoms with Crippen LogP contribution in [0.4, 0.5) is 0 Å². The van der Waals surface area contributed by atoms with E-state index in [2.05, 4.69) is 15.6 Å². The van der Waals surface area contributed by atoms with Gasteiger partial charge in [-0.3, -0.25) is 4.79 Å². The average molecular weight is 287 g/mol. The molecule has 2 aromatic rings. The number of carbonyl (C=O) groups is 1. The summed E-state index contributed by atoms with van der Waals surface area (Å²) in [7, 11) is 0. The van der Waals surface area contributed by atoms with Gasteiger partial charge in [0.1, 0.15) is 5.69 Å². The van der Waals surface area contributed by atoms with Gasteiger partial charge in [-0.1, -0.05) is 30.3 Å². The molecule has 6 nitrogen and oxygen atoms in total. The highest BCUT2D eigenvalue weighted by Gasteiger charge is 2.28. The summed E-state index contributed by atoms with van der Waals surface area (Å²) in [5.41, 5.74) is 6.54. The van der Waals surface area contributed by atoms with Crippen molar-refractivity contribution < 1.29 is 4.79 Å². The topological polar surface area (TPSA) is 85.8 Å². The molecule has 1 atom stereocenters. The van der Waals surface area contributed by atoms with Crippen LogP contribution in [-0.4, -0.2) is 27.4 Å². The van der Waals surface area contributed by atoms with E-state index in [1.807, 2.05) is 50.4 Å². The van der Waals surface area contributed by atoms with Crippen molar-refractivity contribution in [2.75, 3.05) is 6.54 Å². The van der Waals surface area contributed by atoms with Crippen LogP contribution in [0.3, 0.4) is 0 Å². The Morgan fingerprint density at radius 1 is 1.38 bits per heavy atom. The van der Waals surface area contributed by atoms with Gasteiger partial charge in [-0.2, -0.15) is 0 Å². The summed E-state index contributed by atoms with van der Waals surface area (Å²) in [5, 5.41) is 11.2. The molecule has 6 heteroatoms. The first-order valence-electron chi connectivity index (χ1n) is 6.94. The number of rotatable bonds is 5. The molecule has 0 aliphatic rings. The zero-order valence-electron chi connectivity index (χ0n) is 12.6. The molecule has 0 saturated heterocycles. The Kier molecular flexibility index (Phi) is 4.37. The van der Waals surface area contributed by atoms with Crippen LogP contribution < -0.4 is 11.1 Å². The predicted octanol–water partition coefficient (Wildman–Crippen LogP) is 1.21. The Bertz CT molecular complexity index is 606. The highest BCUT2D eigenvalue weighted by molar-refractivity contribution is 5.79. The molecule has 1 unspecified atom stereocenters. The number of nitrogens with two attached hydrogens (primary N) is 1. The summed E-state index contributed by atoms with van der Waals surface area (Å²) >= 11 is 0. The molecule has 112 valence electrons. The van der Waals surface area contributed by atoms with E-state index >= 15 is 0 Å². The molecule has 1 heterocycles. The Hall–Kier alpha value is -2.21. The van der Waals surface area contributed by atoms with E-state index in [4.69, 9.17) is 5.73 Å². The first-order valence-corrected chi connectivity index (χ1v) is 6.94. The van der Waals surface area contributed by atoms with Crippen molar-refractivity contribution in [2.45, 2.75) is 26.3 Å². The number of amides is 1. The molecule has 0 aliphatic carbocycles. The maximum Gasteiger partial charge on any atom is 0.224 e. The summed E-state index contributed by atoms with van der Waals surface area (Å²) in [6.07, 6.45) is 1.82. The van der Waals surface area contributed by atoms with Crippen LogP contribution in [0.25, 0.3) is 5.69 Å². The molecule has 1 amide bonds. The Balaban J connectivity index is 2.18. The second kappa shape index (κ2) is 6.05.